The molecule has 1 heterocycles. The summed E-state index contributed by atoms with van der Waals surface area (Å²) in [6.45, 7) is 11.7. The monoisotopic (exact) mass is 482 g/mol. The molecule has 1 amide bonds. The van der Waals surface area contributed by atoms with Crippen molar-refractivity contribution in [3.05, 3.63) is 59.7 Å². The number of likely N-dealkylation sites (tertiary alicyclic amines) is 1. The molecule has 1 aliphatic rings. The van der Waals surface area contributed by atoms with Gasteiger partial charge in [0.25, 0.3) is 0 Å². The molecule has 34 heavy (non-hydrogen) atoms. The summed E-state index contributed by atoms with van der Waals surface area (Å²) >= 11 is 0. The number of aliphatic hydroxyl groups excluding tert-OH is 1. The molecule has 2 atom stereocenters. The van der Waals surface area contributed by atoms with Crippen molar-refractivity contribution < 1.29 is 19.4 Å². The Labute approximate surface area is 204 Å². The van der Waals surface area contributed by atoms with E-state index in [2.05, 4.69) is 37.1 Å². The fourth-order valence-electron chi connectivity index (χ4n) is 4.27. The van der Waals surface area contributed by atoms with Crippen LogP contribution in [-0.2, 0) is 16.0 Å². The van der Waals surface area contributed by atoms with E-state index in [1.54, 1.807) is 19.2 Å². The molecule has 1 fully saturated rings. The van der Waals surface area contributed by atoms with Crippen LogP contribution in [0.3, 0.4) is 0 Å². The minimum atomic E-state index is -1.42. The molecule has 2 aromatic rings. The van der Waals surface area contributed by atoms with Crippen LogP contribution in [-0.4, -0.2) is 61.6 Å². The third-order valence-corrected chi connectivity index (χ3v) is 8.82. The smallest absolute Gasteiger partial charge is 0.240 e. The highest BCUT2D eigenvalue weighted by Crippen LogP contribution is 2.25. The molecule has 0 bridgehead atoms. The molecule has 2 aromatic carbocycles. The molecule has 0 saturated carbocycles. The maximum Gasteiger partial charge on any atom is 0.240 e. The Kier molecular flexibility index (Phi) is 8.01. The van der Waals surface area contributed by atoms with Gasteiger partial charge >= 0.3 is 0 Å². The van der Waals surface area contributed by atoms with Gasteiger partial charge in [0, 0.05) is 19.5 Å². The summed E-state index contributed by atoms with van der Waals surface area (Å²) in [5, 5.41) is 14.3. The van der Waals surface area contributed by atoms with Crippen molar-refractivity contribution in [3.63, 3.8) is 0 Å². The second kappa shape index (κ2) is 10.4. The summed E-state index contributed by atoms with van der Waals surface area (Å²) in [5.74, 6) is 0.385. The van der Waals surface area contributed by atoms with Crippen molar-refractivity contribution in [1.29, 1.82) is 0 Å². The number of nitrogens with zero attached hydrogens (tertiary/aromatic N) is 1. The molecule has 7 heteroatoms. The highest BCUT2D eigenvalue weighted by Gasteiger charge is 2.40. The summed E-state index contributed by atoms with van der Waals surface area (Å²) in [5.41, 5.74) is 0.804. The van der Waals surface area contributed by atoms with E-state index in [1.807, 2.05) is 43.0 Å². The van der Waals surface area contributed by atoms with Gasteiger partial charge < -0.3 is 15.2 Å². The molecule has 0 spiro atoms. The van der Waals surface area contributed by atoms with Crippen LogP contribution in [0, 0.1) is 0 Å². The van der Waals surface area contributed by atoms with E-state index in [9.17, 15) is 14.7 Å². The van der Waals surface area contributed by atoms with E-state index < -0.39 is 25.8 Å². The summed E-state index contributed by atoms with van der Waals surface area (Å²) < 4.78 is 5.26. The molecular weight excluding hydrogens is 444 g/mol. The maximum atomic E-state index is 13.5. The standard InChI is InChI=1S/C27H38N2O4Si/c1-27(2,29-16-15-21(30)18-29)26(32)28-25(20-9-11-22(33-3)12-10-20)24(31)17-19-7-13-23(14-8-19)34(4,5)6/h7-14,21,25,30H,15-18H2,1-6H3,(H,28,32). The highest BCUT2D eigenvalue weighted by molar-refractivity contribution is 6.88. The van der Waals surface area contributed by atoms with Crippen molar-refractivity contribution in [3.8, 4) is 5.75 Å². The van der Waals surface area contributed by atoms with Gasteiger partial charge in [-0.15, -0.1) is 0 Å². The van der Waals surface area contributed by atoms with Gasteiger partial charge in [0.15, 0.2) is 5.78 Å². The van der Waals surface area contributed by atoms with Crippen LogP contribution in [0.1, 0.15) is 37.4 Å². The molecule has 2 unspecified atom stereocenters. The van der Waals surface area contributed by atoms with Crippen LogP contribution in [0.15, 0.2) is 48.5 Å². The molecule has 0 radical (unpaired) electrons. The number of Topliss-reactive ketones (excluding diaryl/α,β-unsaturated/α-hetero) is 1. The molecule has 1 aliphatic heterocycles. The number of ketones is 1. The van der Waals surface area contributed by atoms with E-state index in [-0.39, 0.29) is 18.1 Å². The number of aliphatic hydroxyl groups is 1. The minimum Gasteiger partial charge on any atom is -0.497 e. The van der Waals surface area contributed by atoms with Crippen molar-refractivity contribution >= 4 is 25.0 Å². The second-order valence-corrected chi connectivity index (χ2v) is 15.8. The highest BCUT2D eigenvalue weighted by atomic mass is 28.3. The predicted octanol–water partition coefficient (Wildman–Crippen LogP) is 3.05. The van der Waals surface area contributed by atoms with Crippen molar-refractivity contribution in [2.45, 2.75) is 64.0 Å². The van der Waals surface area contributed by atoms with Gasteiger partial charge in [0.05, 0.1) is 26.8 Å². The lowest BCUT2D eigenvalue weighted by atomic mass is 9.95. The number of nitrogens with one attached hydrogen (secondary N) is 1. The normalized spacial score (nSPS) is 17.9. The Morgan fingerprint density at radius 1 is 1.12 bits per heavy atom. The number of carbonyl (C=O) groups is 2. The first-order chi connectivity index (χ1) is 15.9. The number of hydrogen-bond donors (Lipinski definition) is 2. The van der Waals surface area contributed by atoms with Gasteiger partial charge in [-0.3, -0.25) is 14.5 Å². The SMILES string of the molecule is COc1ccc(C(NC(=O)C(C)(C)N2CCC(O)C2)C(=O)Cc2ccc([Si](C)(C)C)cc2)cc1. The molecule has 0 aliphatic carbocycles. The van der Waals surface area contributed by atoms with Crippen LogP contribution in [0.25, 0.3) is 0 Å². The number of amides is 1. The first-order valence-corrected chi connectivity index (χ1v) is 15.4. The largest absolute Gasteiger partial charge is 0.497 e. The quantitative estimate of drug-likeness (QED) is 0.537. The van der Waals surface area contributed by atoms with Crippen LogP contribution in [0.4, 0.5) is 0 Å². The Bertz CT molecular complexity index is 997. The Morgan fingerprint density at radius 2 is 1.74 bits per heavy atom. The maximum absolute atomic E-state index is 13.5. The zero-order chi connectivity index (χ0) is 25.1. The van der Waals surface area contributed by atoms with Gasteiger partial charge in [-0.1, -0.05) is 61.2 Å². The van der Waals surface area contributed by atoms with E-state index in [1.165, 1.54) is 5.19 Å². The van der Waals surface area contributed by atoms with Gasteiger partial charge in [-0.25, -0.2) is 0 Å². The van der Waals surface area contributed by atoms with Crippen molar-refractivity contribution in [2.24, 2.45) is 0 Å². The third-order valence-electron chi connectivity index (χ3n) is 6.75. The average Bonchev–Trinajstić information content (AvgIpc) is 3.24. The van der Waals surface area contributed by atoms with Crippen LogP contribution >= 0.6 is 0 Å². The number of hydrogen-bond acceptors (Lipinski definition) is 5. The molecule has 0 aromatic heterocycles. The number of ether oxygens (including phenoxy) is 1. The van der Waals surface area contributed by atoms with E-state index in [0.717, 1.165) is 11.1 Å². The van der Waals surface area contributed by atoms with Crippen LogP contribution in [0.2, 0.25) is 19.6 Å². The summed E-state index contributed by atoms with van der Waals surface area (Å²) in [6.07, 6.45) is 0.446. The first-order valence-electron chi connectivity index (χ1n) is 11.9. The van der Waals surface area contributed by atoms with Gasteiger partial charge in [0.1, 0.15) is 11.8 Å². The Hall–Kier alpha value is -2.48. The second-order valence-electron chi connectivity index (χ2n) is 10.7. The fourth-order valence-corrected chi connectivity index (χ4v) is 5.44. The molecular formula is C27H38N2O4Si. The zero-order valence-corrected chi connectivity index (χ0v) is 22.2. The van der Waals surface area contributed by atoms with Gasteiger partial charge in [0.2, 0.25) is 5.91 Å². The summed E-state index contributed by atoms with van der Waals surface area (Å²) in [4.78, 5) is 28.8. The zero-order valence-electron chi connectivity index (χ0n) is 21.2. The van der Waals surface area contributed by atoms with Crippen LogP contribution < -0.4 is 15.2 Å². The summed E-state index contributed by atoms with van der Waals surface area (Å²) in [6, 6.07) is 14.8. The van der Waals surface area contributed by atoms with Crippen molar-refractivity contribution in [1.82, 2.24) is 10.2 Å². The van der Waals surface area contributed by atoms with E-state index in [4.69, 9.17) is 4.74 Å². The third kappa shape index (κ3) is 6.14. The van der Waals surface area contributed by atoms with Gasteiger partial charge in [-0.2, -0.15) is 0 Å². The molecule has 2 N–H and O–H groups in total. The lowest BCUT2D eigenvalue weighted by Crippen LogP contribution is -2.55. The molecule has 3 rings (SSSR count). The van der Waals surface area contributed by atoms with Crippen LogP contribution in [0.5, 0.6) is 5.75 Å². The van der Waals surface area contributed by atoms with Crippen molar-refractivity contribution in [2.75, 3.05) is 20.2 Å². The number of rotatable bonds is 9. The topological polar surface area (TPSA) is 78.9 Å². The van der Waals surface area contributed by atoms with Gasteiger partial charge in [-0.05, 0) is 43.5 Å². The number of β-amino-alcohol motifs (C(OH)–C–C–N with tert-alkyl or cyclic N) is 1. The Morgan fingerprint density at radius 3 is 2.24 bits per heavy atom. The number of methoxy groups -OCH3 is 1. The Balaban J connectivity index is 1.83. The number of carbonyl (C=O) groups excluding carboxylic acids is 2. The van der Waals surface area contributed by atoms with E-state index in [0.29, 0.717) is 25.3 Å². The fraction of sp³-hybridized carbons (Fsp3) is 0.481. The minimum absolute atomic E-state index is 0.0727. The number of benzene rings is 2. The summed E-state index contributed by atoms with van der Waals surface area (Å²) in [7, 11) is 0.177. The predicted molar refractivity (Wildman–Crippen MR) is 138 cm³/mol. The average molecular weight is 483 g/mol. The molecule has 6 nitrogen and oxygen atoms in total. The first kappa shape index (κ1) is 26.1. The lowest BCUT2D eigenvalue weighted by molar-refractivity contribution is -0.135. The molecule has 1 saturated heterocycles. The molecule has 184 valence electrons. The lowest BCUT2D eigenvalue weighted by Gasteiger charge is -2.35. The van der Waals surface area contributed by atoms with E-state index >= 15 is 0 Å².